The number of amides is 1. The van der Waals surface area contributed by atoms with Crippen molar-refractivity contribution in [3.63, 3.8) is 0 Å². The normalized spacial score (nSPS) is 17.0. The Morgan fingerprint density at radius 3 is 2.32 bits per heavy atom. The number of thiophene rings is 1. The Labute approximate surface area is 190 Å². The second kappa shape index (κ2) is 10.7. The number of nitrogens with one attached hydrogen (secondary N) is 1. The highest BCUT2D eigenvalue weighted by molar-refractivity contribution is 7.89. The number of hydrogen-bond acceptors (Lipinski definition) is 4. The summed E-state index contributed by atoms with van der Waals surface area (Å²) in [6, 6.07) is 12.3. The molecule has 3 rings (SSSR count). The lowest BCUT2D eigenvalue weighted by molar-refractivity contribution is -0.126. The van der Waals surface area contributed by atoms with Gasteiger partial charge in [0.1, 0.15) is 0 Å². The molecule has 0 bridgehead atoms. The molecule has 1 unspecified atom stereocenters. The highest BCUT2D eigenvalue weighted by atomic mass is 32.2. The number of rotatable bonds is 9. The minimum absolute atomic E-state index is 0.0111. The van der Waals surface area contributed by atoms with E-state index in [9.17, 15) is 13.2 Å². The third-order valence-corrected chi connectivity index (χ3v) is 8.92. The molecule has 1 aliphatic rings. The Kier molecular flexibility index (Phi) is 8.30. The smallest absolute Gasteiger partial charge is 0.223 e. The molecular weight excluding hydrogens is 428 g/mol. The zero-order valence-corrected chi connectivity index (χ0v) is 20.3. The fraction of sp³-hybridized carbons (Fsp3) is 0.542. The molecule has 1 aliphatic heterocycles. The predicted octanol–water partition coefficient (Wildman–Crippen LogP) is 4.92. The molecular formula is C24H34N2O3S2. The monoisotopic (exact) mass is 462 g/mol. The highest BCUT2D eigenvalue weighted by Crippen LogP contribution is 2.29. The molecule has 2 aromatic rings. The molecule has 1 N–H and O–H groups in total. The number of benzene rings is 1. The van der Waals surface area contributed by atoms with Gasteiger partial charge in [0.25, 0.3) is 0 Å². The zero-order chi connectivity index (χ0) is 22.4. The summed E-state index contributed by atoms with van der Waals surface area (Å²) in [4.78, 5) is 14.2. The first-order valence-electron chi connectivity index (χ1n) is 11.2. The van der Waals surface area contributed by atoms with Crippen LogP contribution in [0.15, 0.2) is 41.8 Å². The molecule has 5 nitrogen and oxygen atoms in total. The SMILES string of the molecule is CCCCS(=O)(=O)N1CCC(C(=O)NC(c2ccc(C(C)C)cc2)c2cccs2)CC1. The van der Waals surface area contributed by atoms with Crippen LogP contribution >= 0.6 is 11.3 Å². The van der Waals surface area contributed by atoms with Crippen LogP contribution in [0, 0.1) is 5.92 Å². The fourth-order valence-electron chi connectivity index (χ4n) is 3.96. The molecule has 170 valence electrons. The van der Waals surface area contributed by atoms with Gasteiger partial charge in [-0.25, -0.2) is 12.7 Å². The molecule has 31 heavy (non-hydrogen) atoms. The first-order chi connectivity index (χ1) is 14.8. The summed E-state index contributed by atoms with van der Waals surface area (Å²) in [6.45, 7) is 7.19. The number of sulfonamides is 1. The lowest BCUT2D eigenvalue weighted by Crippen LogP contribution is -2.44. The topological polar surface area (TPSA) is 66.5 Å². The van der Waals surface area contributed by atoms with Crippen molar-refractivity contribution in [3.8, 4) is 0 Å². The maximum Gasteiger partial charge on any atom is 0.223 e. The van der Waals surface area contributed by atoms with Gasteiger partial charge in [-0.15, -0.1) is 11.3 Å². The molecule has 0 aliphatic carbocycles. The van der Waals surface area contributed by atoms with E-state index >= 15 is 0 Å². The summed E-state index contributed by atoms with van der Waals surface area (Å²) >= 11 is 1.63. The van der Waals surface area contributed by atoms with Gasteiger partial charge in [0.05, 0.1) is 11.8 Å². The molecule has 1 atom stereocenters. The third-order valence-electron chi connectivity index (χ3n) is 6.02. The van der Waals surface area contributed by atoms with E-state index < -0.39 is 10.0 Å². The largest absolute Gasteiger partial charge is 0.344 e. The van der Waals surface area contributed by atoms with E-state index in [1.54, 1.807) is 15.6 Å². The number of hydrogen-bond donors (Lipinski definition) is 1. The second-order valence-corrected chi connectivity index (χ2v) is 11.7. The van der Waals surface area contributed by atoms with Gasteiger partial charge in [0.2, 0.25) is 15.9 Å². The summed E-state index contributed by atoms with van der Waals surface area (Å²) in [5, 5.41) is 5.27. The summed E-state index contributed by atoms with van der Waals surface area (Å²) in [5.41, 5.74) is 2.34. The predicted molar refractivity (Wildman–Crippen MR) is 128 cm³/mol. The lowest BCUT2D eigenvalue weighted by Gasteiger charge is -2.31. The first kappa shape index (κ1) is 24.0. The molecule has 1 aromatic heterocycles. The van der Waals surface area contributed by atoms with Crippen molar-refractivity contribution in [2.24, 2.45) is 5.92 Å². The van der Waals surface area contributed by atoms with Gasteiger partial charge in [-0.1, -0.05) is 57.5 Å². The van der Waals surface area contributed by atoms with E-state index in [-0.39, 0.29) is 23.6 Å². The van der Waals surface area contributed by atoms with Crippen molar-refractivity contribution in [3.05, 3.63) is 57.8 Å². The minimum Gasteiger partial charge on any atom is -0.344 e. The van der Waals surface area contributed by atoms with Crippen LogP contribution in [-0.2, 0) is 14.8 Å². The number of carbonyl (C=O) groups is 1. The van der Waals surface area contributed by atoms with Crippen LogP contribution in [-0.4, -0.2) is 37.5 Å². The van der Waals surface area contributed by atoms with Gasteiger partial charge in [-0.3, -0.25) is 4.79 Å². The molecule has 7 heteroatoms. The highest BCUT2D eigenvalue weighted by Gasteiger charge is 2.32. The van der Waals surface area contributed by atoms with Crippen molar-refractivity contribution in [2.45, 2.75) is 58.4 Å². The fourth-order valence-corrected chi connectivity index (χ4v) is 6.44. The zero-order valence-electron chi connectivity index (χ0n) is 18.7. The summed E-state index contributed by atoms with van der Waals surface area (Å²) in [5.74, 6) is 0.516. The van der Waals surface area contributed by atoms with Crippen LogP contribution in [0.5, 0.6) is 0 Å². The first-order valence-corrected chi connectivity index (χ1v) is 13.7. The van der Waals surface area contributed by atoms with Crippen LogP contribution in [0.2, 0.25) is 0 Å². The summed E-state index contributed by atoms with van der Waals surface area (Å²) in [6.07, 6.45) is 2.68. The van der Waals surface area contributed by atoms with Crippen molar-refractivity contribution in [1.82, 2.24) is 9.62 Å². The van der Waals surface area contributed by atoms with E-state index in [1.807, 2.05) is 18.4 Å². The Morgan fingerprint density at radius 2 is 1.77 bits per heavy atom. The number of unbranched alkanes of at least 4 members (excludes halogenated alkanes) is 1. The maximum atomic E-state index is 13.1. The van der Waals surface area contributed by atoms with E-state index in [4.69, 9.17) is 0 Å². The maximum absolute atomic E-state index is 13.1. The Morgan fingerprint density at radius 1 is 1.13 bits per heavy atom. The molecule has 1 saturated heterocycles. The van der Waals surface area contributed by atoms with Gasteiger partial charge < -0.3 is 5.32 Å². The van der Waals surface area contributed by atoms with Crippen molar-refractivity contribution >= 4 is 27.3 Å². The van der Waals surface area contributed by atoms with Crippen molar-refractivity contribution in [1.29, 1.82) is 0 Å². The van der Waals surface area contributed by atoms with Gasteiger partial charge in [0, 0.05) is 23.9 Å². The molecule has 2 heterocycles. The average Bonchev–Trinajstić information content (AvgIpc) is 3.30. The standard InChI is InChI=1S/C24H34N2O3S2/c1-4-5-17-31(28,29)26-14-12-21(13-15-26)24(27)25-23(22-7-6-16-30-22)20-10-8-19(9-11-20)18(2)3/h6-11,16,18,21,23H,4-5,12-15,17H2,1-3H3,(H,25,27). The number of carbonyl (C=O) groups excluding carboxylic acids is 1. The van der Waals surface area contributed by atoms with Crippen LogP contribution in [0.25, 0.3) is 0 Å². The third kappa shape index (κ3) is 6.18. The summed E-state index contributed by atoms with van der Waals surface area (Å²) < 4.78 is 26.4. The van der Waals surface area contributed by atoms with E-state index in [1.165, 1.54) is 5.56 Å². The van der Waals surface area contributed by atoms with Gasteiger partial charge >= 0.3 is 0 Å². The Balaban J connectivity index is 1.67. The van der Waals surface area contributed by atoms with Crippen LogP contribution in [0.1, 0.15) is 74.4 Å². The van der Waals surface area contributed by atoms with Crippen LogP contribution in [0.4, 0.5) is 0 Å². The number of nitrogens with zero attached hydrogens (tertiary/aromatic N) is 1. The molecule has 1 amide bonds. The average molecular weight is 463 g/mol. The molecule has 0 spiro atoms. The lowest BCUT2D eigenvalue weighted by atomic mass is 9.95. The Hall–Kier alpha value is -1.70. The molecule has 0 saturated carbocycles. The molecule has 1 aromatic carbocycles. The van der Waals surface area contributed by atoms with Crippen molar-refractivity contribution < 1.29 is 13.2 Å². The van der Waals surface area contributed by atoms with E-state index in [0.29, 0.717) is 38.3 Å². The van der Waals surface area contributed by atoms with Gasteiger partial charge in [-0.05, 0) is 47.8 Å². The second-order valence-electron chi connectivity index (χ2n) is 8.62. The van der Waals surface area contributed by atoms with Crippen molar-refractivity contribution in [2.75, 3.05) is 18.8 Å². The van der Waals surface area contributed by atoms with Crippen LogP contribution in [0.3, 0.4) is 0 Å². The van der Waals surface area contributed by atoms with Gasteiger partial charge in [0.15, 0.2) is 0 Å². The van der Waals surface area contributed by atoms with E-state index in [2.05, 4.69) is 49.5 Å². The van der Waals surface area contributed by atoms with Gasteiger partial charge in [-0.2, -0.15) is 0 Å². The molecule has 0 radical (unpaired) electrons. The Bertz CT molecular complexity index is 930. The molecule has 1 fully saturated rings. The quantitative estimate of drug-likeness (QED) is 0.575. The van der Waals surface area contributed by atoms with E-state index in [0.717, 1.165) is 16.9 Å². The minimum atomic E-state index is -3.20. The van der Waals surface area contributed by atoms with Crippen LogP contribution < -0.4 is 5.32 Å². The number of piperidine rings is 1. The summed E-state index contributed by atoms with van der Waals surface area (Å²) in [7, 11) is -3.20.